The predicted molar refractivity (Wildman–Crippen MR) is 93.1 cm³/mol. The first-order chi connectivity index (χ1) is 11.4. The SMILES string of the molecule is CC(C)(O)C1CCCN1C(=O)c1cnn(Cc2ccccc2Cl)c1. The Hall–Kier alpha value is -1.85. The van der Waals surface area contributed by atoms with Crippen molar-refractivity contribution in [3.8, 4) is 0 Å². The second-order valence-electron chi connectivity index (χ2n) is 6.83. The van der Waals surface area contributed by atoms with E-state index in [2.05, 4.69) is 5.10 Å². The zero-order valence-electron chi connectivity index (χ0n) is 13.9. The highest BCUT2D eigenvalue weighted by Crippen LogP contribution is 2.28. The lowest BCUT2D eigenvalue weighted by atomic mass is 9.96. The van der Waals surface area contributed by atoms with Gasteiger partial charge in [-0.3, -0.25) is 9.48 Å². The van der Waals surface area contributed by atoms with E-state index in [0.717, 1.165) is 18.4 Å². The van der Waals surface area contributed by atoms with E-state index in [4.69, 9.17) is 11.6 Å². The molecule has 1 unspecified atom stereocenters. The minimum absolute atomic E-state index is 0.0787. The third-order valence-corrected chi connectivity index (χ3v) is 4.87. The Morgan fingerprint density at radius 1 is 1.42 bits per heavy atom. The van der Waals surface area contributed by atoms with Crippen molar-refractivity contribution < 1.29 is 9.90 Å². The first-order valence-electron chi connectivity index (χ1n) is 8.15. The summed E-state index contributed by atoms with van der Waals surface area (Å²) in [7, 11) is 0. The molecule has 1 aromatic heterocycles. The molecule has 1 amide bonds. The average molecular weight is 348 g/mol. The number of nitrogens with zero attached hydrogens (tertiary/aromatic N) is 3. The third kappa shape index (κ3) is 3.47. The molecule has 3 rings (SSSR count). The topological polar surface area (TPSA) is 58.4 Å². The summed E-state index contributed by atoms with van der Waals surface area (Å²) in [6.07, 6.45) is 5.06. The fraction of sp³-hybridized carbons (Fsp3) is 0.444. The highest BCUT2D eigenvalue weighted by Gasteiger charge is 2.38. The van der Waals surface area contributed by atoms with Gasteiger partial charge in [0.15, 0.2) is 0 Å². The van der Waals surface area contributed by atoms with Crippen molar-refractivity contribution in [2.75, 3.05) is 6.54 Å². The van der Waals surface area contributed by atoms with Gasteiger partial charge in [0.05, 0.1) is 29.9 Å². The average Bonchev–Trinajstić information content (AvgIpc) is 3.17. The number of likely N-dealkylation sites (tertiary alicyclic amines) is 1. The Morgan fingerprint density at radius 3 is 2.88 bits per heavy atom. The minimum atomic E-state index is -0.903. The van der Waals surface area contributed by atoms with Gasteiger partial charge in [-0.05, 0) is 38.3 Å². The van der Waals surface area contributed by atoms with E-state index in [1.54, 1.807) is 35.8 Å². The molecule has 0 saturated carbocycles. The fourth-order valence-electron chi connectivity index (χ4n) is 3.27. The predicted octanol–water partition coefficient (Wildman–Crippen LogP) is 2.96. The highest BCUT2D eigenvalue weighted by molar-refractivity contribution is 6.31. The van der Waals surface area contributed by atoms with Gasteiger partial charge in [-0.1, -0.05) is 29.8 Å². The molecule has 1 aliphatic heterocycles. The molecule has 6 heteroatoms. The summed E-state index contributed by atoms with van der Waals surface area (Å²) in [5.74, 6) is -0.0787. The summed E-state index contributed by atoms with van der Waals surface area (Å²) in [5, 5.41) is 15.2. The van der Waals surface area contributed by atoms with Gasteiger partial charge in [0.1, 0.15) is 0 Å². The number of carbonyl (C=O) groups is 1. The number of hydrogen-bond donors (Lipinski definition) is 1. The van der Waals surface area contributed by atoms with Gasteiger partial charge in [-0.15, -0.1) is 0 Å². The number of carbonyl (C=O) groups excluding carboxylic acids is 1. The van der Waals surface area contributed by atoms with E-state index in [1.807, 2.05) is 24.3 Å². The molecule has 1 atom stereocenters. The molecule has 1 aliphatic rings. The quantitative estimate of drug-likeness (QED) is 0.925. The second-order valence-corrected chi connectivity index (χ2v) is 7.24. The van der Waals surface area contributed by atoms with Crippen LogP contribution in [0.3, 0.4) is 0 Å². The lowest BCUT2D eigenvalue weighted by Crippen LogP contribution is -2.48. The highest BCUT2D eigenvalue weighted by atomic mass is 35.5. The van der Waals surface area contributed by atoms with Crippen molar-refractivity contribution >= 4 is 17.5 Å². The van der Waals surface area contributed by atoms with Crippen LogP contribution in [0.15, 0.2) is 36.7 Å². The molecule has 0 radical (unpaired) electrons. The summed E-state index contributed by atoms with van der Waals surface area (Å²) in [5.41, 5.74) is 0.592. The fourth-order valence-corrected chi connectivity index (χ4v) is 3.47. The molecule has 5 nitrogen and oxygen atoms in total. The number of hydrogen-bond acceptors (Lipinski definition) is 3. The molecule has 1 N–H and O–H groups in total. The zero-order chi connectivity index (χ0) is 17.3. The number of benzene rings is 1. The van der Waals surface area contributed by atoms with Gasteiger partial charge in [-0.2, -0.15) is 5.10 Å². The summed E-state index contributed by atoms with van der Waals surface area (Å²) >= 11 is 6.17. The number of aromatic nitrogens is 2. The minimum Gasteiger partial charge on any atom is -0.388 e. The Labute approximate surface area is 146 Å². The summed E-state index contributed by atoms with van der Waals surface area (Å²) in [6, 6.07) is 7.43. The molecule has 24 heavy (non-hydrogen) atoms. The number of amides is 1. The monoisotopic (exact) mass is 347 g/mol. The van der Waals surface area contributed by atoms with Crippen LogP contribution in [-0.4, -0.2) is 43.9 Å². The van der Waals surface area contributed by atoms with E-state index in [9.17, 15) is 9.90 Å². The van der Waals surface area contributed by atoms with Crippen LogP contribution in [-0.2, 0) is 6.54 Å². The van der Waals surface area contributed by atoms with Gasteiger partial charge < -0.3 is 10.0 Å². The Balaban J connectivity index is 1.76. The van der Waals surface area contributed by atoms with Gasteiger partial charge >= 0.3 is 0 Å². The van der Waals surface area contributed by atoms with Gasteiger partial charge in [0, 0.05) is 17.8 Å². The van der Waals surface area contributed by atoms with Crippen molar-refractivity contribution in [3.63, 3.8) is 0 Å². The van der Waals surface area contributed by atoms with Crippen molar-refractivity contribution in [1.29, 1.82) is 0 Å². The molecule has 128 valence electrons. The molecule has 0 aliphatic carbocycles. The molecule has 2 heterocycles. The molecule has 0 spiro atoms. The van der Waals surface area contributed by atoms with Gasteiger partial charge in [-0.25, -0.2) is 0 Å². The molecule has 1 saturated heterocycles. The van der Waals surface area contributed by atoms with Crippen LogP contribution in [0.25, 0.3) is 0 Å². The lowest BCUT2D eigenvalue weighted by Gasteiger charge is -2.33. The van der Waals surface area contributed by atoms with Crippen LogP contribution in [0.1, 0.15) is 42.6 Å². The zero-order valence-corrected chi connectivity index (χ0v) is 14.7. The van der Waals surface area contributed by atoms with Crippen LogP contribution in [0.2, 0.25) is 5.02 Å². The molecule has 2 aromatic rings. The third-order valence-electron chi connectivity index (χ3n) is 4.50. The van der Waals surface area contributed by atoms with Gasteiger partial charge in [0.2, 0.25) is 0 Å². The van der Waals surface area contributed by atoms with E-state index in [1.165, 1.54) is 0 Å². The Kier molecular flexibility index (Phi) is 4.65. The van der Waals surface area contributed by atoms with Crippen molar-refractivity contribution in [1.82, 2.24) is 14.7 Å². The Bertz CT molecular complexity index is 736. The molecular formula is C18H22ClN3O2. The van der Waals surface area contributed by atoms with Crippen molar-refractivity contribution in [2.24, 2.45) is 0 Å². The smallest absolute Gasteiger partial charge is 0.257 e. The van der Waals surface area contributed by atoms with E-state index in [-0.39, 0.29) is 11.9 Å². The van der Waals surface area contributed by atoms with Crippen LogP contribution in [0.5, 0.6) is 0 Å². The van der Waals surface area contributed by atoms with Crippen LogP contribution in [0, 0.1) is 0 Å². The van der Waals surface area contributed by atoms with E-state index >= 15 is 0 Å². The van der Waals surface area contributed by atoms with Crippen molar-refractivity contribution in [2.45, 2.75) is 44.9 Å². The van der Waals surface area contributed by atoms with Gasteiger partial charge in [0.25, 0.3) is 5.91 Å². The normalized spacial score (nSPS) is 18.2. The first kappa shape index (κ1) is 17.0. The summed E-state index contributed by atoms with van der Waals surface area (Å²) in [4.78, 5) is 14.5. The second kappa shape index (κ2) is 6.57. The number of halogens is 1. The summed E-state index contributed by atoms with van der Waals surface area (Å²) < 4.78 is 1.71. The van der Waals surface area contributed by atoms with Crippen LogP contribution < -0.4 is 0 Å². The van der Waals surface area contributed by atoms with E-state index < -0.39 is 5.60 Å². The standard InChI is InChI=1S/C18H22ClN3O2/c1-18(2,24)16-8-5-9-22(16)17(23)14-10-20-21(12-14)11-13-6-3-4-7-15(13)19/h3-4,6-7,10,12,16,24H,5,8-9,11H2,1-2H3. The maximum Gasteiger partial charge on any atom is 0.257 e. The number of rotatable bonds is 4. The molecular weight excluding hydrogens is 326 g/mol. The lowest BCUT2D eigenvalue weighted by molar-refractivity contribution is 0.000332. The largest absolute Gasteiger partial charge is 0.388 e. The maximum atomic E-state index is 12.8. The van der Waals surface area contributed by atoms with Crippen LogP contribution in [0.4, 0.5) is 0 Å². The molecule has 1 aromatic carbocycles. The van der Waals surface area contributed by atoms with Crippen molar-refractivity contribution in [3.05, 3.63) is 52.8 Å². The Morgan fingerprint density at radius 2 is 2.17 bits per heavy atom. The maximum absolute atomic E-state index is 12.8. The summed E-state index contributed by atoms with van der Waals surface area (Å²) in [6.45, 7) is 4.69. The van der Waals surface area contributed by atoms with E-state index in [0.29, 0.717) is 23.7 Å². The van der Waals surface area contributed by atoms with Crippen LogP contribution >= 0.6 is 11.6 Å². The molecule has 0 bridgehead atoms. The molecule has 1 fully saturated rings. The first-order valence-corrected chi connectivity index (χ1v) is 8.53. The number of aliphatic hydroxyl groups is 1.